The van der Waals surface area contributed by atoms with Gasteiger partial charge < -0.3 is 5.73 Å². The number of ketones is 1. The first-order valence-electron chi connectivity index (χ1n) is 5.45. The number of Topliss-reactive ketones (excluding diaryl/α,β-unsaturated/α-hetero) is 1. The highest BCUT2D eigenvalue weighted by Gasteiger charge is 2.09. The van der Waals surface area contributed by atoms with Crippen LogP contribution in [0.25, 0.3) is 0 Å². The molecule has 0 unspecified atom stereocenters. The molecule has 0 saturated heterocycles. The van der Waals surface area contributed by atoms with Gasteiger partial charge in [0.25, 0.3) is 0 Å². The SMILES string of the molecule is CCCCCCC(=O)c1csc(CN)n1. The highest BCUT2D eigenvalue weighted by Crippen LogP contribution is 2.13. The van der Waals surface area contributed by atoms with Crippen molar-refractivity contribution in [1.82, 2.24) is 4.98 Å². The Morgan fingerprint density at radius 2 is 2.27 bits per heavy atom. The lowest BCUT2D eigenvalue weighted by atomic mass is 10.1. The second-order valence-corrected chi connectivity index (χ2v) is 4.51. The van der Waals surface area contributed by atoms with E-state index in [-0.39, 0.29) is 5.78 Å². The van der Waals surface area contributed by atoms with Crippen LogP contribution >= 0.6 is 11.3 Å². The van der Waals surface area contributed by atoms with Crippen LogP contribution in [-0.2, 0) is 6.54 Å². The van der Waals surface area contributed by atoms with Crippen molar-refractivity contribution < 1.29 is 4.79 Å². The Labute approximate surface area is 94.7 Å². The van der Waals surface area contributed by atoms with E-state index < -0.39 is 0 Å². The molecule has 0 saturated carbocycles. The second-order valence-electron chi connectivity index (χ2n) is 3.56. The zero-order chi connectivity index (χ0) is 11.1. The maximum Gasteiger partial charge on any atom is 0.182 e. The Kier molecular flexibility index (Phi) is 5.50. The van der Waals surface area contributed by atoms with Crippen molar-refractivity contribution in [2.45, 2.75) is 45.6 Å². The van der Waals surface area contributed by atoms with E-state index in [1.54, 1.807) is 0 Å². The summed E-state index contributed by atoms with van der Waals surface area (Å²) in [6.07, 6.45) is 5.13. The Hall–Kier alpha value is -0.740. The fourth-order valence-corrected chi connectivity index (χ4v) is 2.05. The monoisotopic (exact) mass is 226 g/mol. The molecule has 1 heterocycles. The van der Waals surface area contributed by atoms with Crippen molar-refractivity contribution in [3.63, 3.8) is 0 Å². The van der Waals surface area contributed by atoms with Gasteiger partial charge in [0.05, 0.1) is 0 Å². The molecule has 0 amide bonds. The summed E-state index contributed by atoms with van der Waals surface area (Å²) < 4.78 is 0. The van der Waals surface area contributed by atoms with Gasteiger partial charge in [0.1, 0.15) is 10.7 Å². The topological polar surface area (TPSA) is 56.0 Å². The van der Waals surface area contributed by atoms with E-state index >= 15 is 0 Å². The van der Waals surface area contributed by atoms with Crippen LogP contribution in [0.1, 0.15) is 54.5 Å². The van der Waals surface area contributed by atoms with Gasteiger partial charge in [-0.05, 0) is 6.42 Å². The molecule has 4 heteroatoms. The molecule has 0 aromatic carbocycles. The largest absolute Gasteiger partial charge is 0.325 e. The fourth-order valence-electron chi connectivity index (χ4n) is 1.37. The van der Waals surface area contributed by atoms with Crippen LogP contribution in [0.2, 0.25) is 0 Å². The van der Waals surface area contributed by atoms with Crippen LogP contribution in [-0.4, -0.2) is 10.8 Å². The average molecular weight is 226 g/mol. The van der Waals surface area contributed by atoms with Crippen molar-refractivity contribution >= 4 is 17.1 Å². The summed E-state index contributed by atoms with van der Waals surface area (Å²) in [4.78, 5) is 15.8. The second kappa shape index (κ2) is 6.69. The lowest BCUT2D eigenvalue weighted by Crippen LogP contribution is -2.01. The van der Waals surface area contributed by atoms with Crippen LogP contribution in [0.4, 0.5) is 0 Å². The van der Waals surface area contributed by atoms with E-state index in [2.05, 4.69) is 11.9 Å². The van der Waals surface area contributed by atoms with E-state index in [1.807, 2.05) is 5.38 Å². The summed E-state index contributed by atoms with van der Waals surface area (Å²) in [6.45, 7) is 2.59. The number of nitrogens with two attached hydrogens (primary N) is 1. The molecule has 3 nitrogen and oxygen atoms in total. The number of hydrogen-bond acceptors (Lipinski definition) is 4. The summed E-state index contributed by atoms with van der Waals surface area (Å²) >= 11 is 1.46. The highest BCUT2D eigenvalue weighted by molar-refractivity contribution is 7.09. The van der Waals surface area contributed by atoms with Crippen molar-refractivity contribution in [2.24, 2.45) is 5.73 Å². The molecule has 1 rings (SSSR count). The minimum Gasteiger partial charge on any atom is -0.325 e. The number of aromatic nitrogens is 1. The van der Waals surface area contributed by atoms with Gasteiger partial charge in [0.15, 0.2) is 5.78 Å². The number of hydrogen-bond donors (Lipinski definition) is 1. The van der Waals surface area contributed by atoms with E-state index in [0.29, 0.717) is 18.7 Å². The van der Waals surface area contributed by atoms with Gasteiger partial charge in [0.2, 0.25) is 0 Å². The molecule has 0 atom stereocenters. The number of thiazole rings is 1. The van der Waals surface area contributed by atoms with Gasteiger partial charge >= 0.3 is 0 Å². The molecule has 0 aliphatic heterocycles. The third-order valence-corrected chi connectivity index (χ3v) is 3.14. The van der Waals surface area contributed by atoms with Gasteiger partial charge in [-0.25, -0.2) is 4.98 Å². The summed E-state index contributed by atoms with van der Waals surface area (Å²) in [5.74, 6) is 0.155. The number of nitrogens with zero attached hydrogens (tertiary/aromatic N) is 1. The van der Waals surface area contributed by atoms with Gasteiger partial charge in [-0.3, -0.25) is 4.79 Å². The molecule has 0 fully saturated rings. The Morgan fingerprint density at radius 1 is 1.47 bits per heavy atom. The van der Waals surface area contributed by atoms with Crippen molar-refractivity contribution in [3.05, 3.63) is 16.1 Å². The van der Waals surface area contributed by atoms with E-state index in [0.717, 1.165) is 17.8 Å². The summed E-state index contributed by atoms with van der Waals surface area (Å²) in [6, 6.07) is 0. The number of carbonyl (C=O) groups is 1. The molecule has 0 bridgehead atoms. The molecule has 0 aliphatic carbocycles. The summed E-state index contributed by atoms with van der Waals surface area (Å²) in [5, 5.41) is 2.65. The predicted octanol–water partition coefficient (Wildman–Crippen LogP) is 2.75. The zero-order valence-corrected chi connectivity index (χ0v) is 9.98. The molecular formula is C11H18N2OS. The highest BCUT2D eigenvalue weighted by atomic mass is 32.1. The number of rotatable bonds is 7. The first-order chi connectivity index (χ1) is 7.27. The van der Waals surface area contributed by atoms with Gasteiger partial charge in [-0.15, -0.1) is 11.3 Å². The molecule has 2 N–H and O–H groups in total. The minimum atomic E-state index is 0.155. The van der Waals surface area contributed by atoms with E-state index in [9.17, 15) is 4.79 Å². The molecular weight excluding hydrogens is 208 g/mol. The van der Waals surface area contributed by atoms with Crippen LogP contribution in [0.5, 0.6) is 0 Å². The van der Waals surface area contributed by atoms with Crippen LogP contribution in [0.15, 0.2) is 5.38 Å². The predicted molar refractivity (Wildman–Crippen MR) is 63.1 cm³/mol. The first kappa shape index (κ1) is 12.3. The minimum absolute atomic E-state index is 0.155. The number of unbranched alkanes of at least 4 members (excludes halogenated alkanes) is 3. The molecule has 1 aromatic heterocycles. The van der Waals surface area contributed by atoms with Gasteiger partial charge in [-0.1, -0.05) is 26.2 Å². The summed E-state index contributed by atoms with van der Waals surface area (Å²) in [7, 11) is 0. The number of carbonyl (C=O) groups excluding carboxylic acids is 1. The maximum absolute atomic E-state index is 11.6. The van der Waals surface area contributed by atoms with Crippen molar-refractivity contribution in [2.75, 3.05) is 0 Å². The Balaban J connectivity index is 2.33. The van der Waals surface area contributed by atoms with Crippen LogP contribution in [0.3, 0.4) is 0 Å². The van der Waals surface area contributed by atoms with Crippen LogP contribution < -0.4 is 5.73 Å². The van der Waals surface area contributed by atoms with Crippen molar-refractivity contribution in [1.29, 1.82) is 0 Å². The smallest absolute Gasteiger partial charge is 0.182 e. The molecule has 84 valence electrons. The van der Waals surface area contributed by atoms with Crippen LogP contribution in [0, 0.1) is 0 Å². The van der Waals surface area contributed by atoms with E-state index in [1.165, 1.54) is 24.2 Å². The van der Waals surface area contributed by atoms with Gasteiger partial charge in [-0.2, -0.15) is 0 Å². The Bertz CT molecular complexity index is 309. The standard InChI is InChI=1S/C11H18N2OS/c1-2-3-4-5-6-10(14)9-8-15-11(7-12)13-9/h8H,2-7,12H2,1H3. The maximum atomic E-state index is 11.6. The molecule has 0 radical (unpaired) electrons. The third-order valence-electron chi connectivity index (χ3n) is 2.27. The van der Waals surface area contributed by atoms with Crippen molar-refractivity contribution in [3.8, 4) is 0 Å². The quantitative estimate of drug-likeness (QED) is 0.574. The lowest BCUT2D eigenvalue weighted by Gasteiger charge is -1.97. The first-order valence-corrected chi connectivity index (χ1v) is 6.33. The lowest BCUT2D eigenvalue weighted by molar-refractivity contribution is 0.0975. The zero-order valence-electron chi connectivity index (χ0n) is 9.16. The van der Waals surface area contributed by atoms with Gasteiger partial charge in [0, 0.05) is 18.3 Å². The molecule has 1 aromatic rings. The average Bonchev–Trinajstić information content (AvgIpc) is 2.72. The fraction of sp³-hybridized carbons (Fsp3) is 0.636. The third kappa shape index (κ3) is 4.10. The van der Waals surface area contributed by atoms with E-state index in [4.69, 9.17) is 5.73 Å². The molecule has 0 aliphatic rings. The molecule has 0 spiro atoms. The summed E-state index contributed by atoms with van der Waals surface area (Å²) in [5.41, 5.74) is 6.03. The normalized spacial score (nSPS) is 10.5. The Morgan fingerprint density at radius 3 is 2.87 bits per heavy atom. The molecule has 15 heavy (non-hydrogen) atoms.